The Morgan fingerprint density at radius 2 is 2.17 bits per heavy atom. The van der Waals surface area contributed by atoms with Crippen molar-refractivity contribution in [2.75, 3.05) is 20.3 Å². The zero-order valence-electron chi connectivity index (χ0n) is 11.3. The first-order valence-electron chi connectivity index (χ1n) is 6.11. The Labute approximate surface area is 109 Å². The second-order valence-electron chi connectivity index (χ2n) is 4.49. The smallest absolute Gasteiger partial charge is 0.148 e. The lowest BCUT2D eigenvalue weighted by molar-refractivity contribution is 0.357. The lowest BCUT2D eigenvalue weighted by atomic mass is 10.1. The normalized spacial score (nSPS) is 10.2. The zero-order valence-corrected chi connectivity index (χ0v) is 11.3. The van der Waals surface area contributed by atoms with E-state index in [1.54, 1.807) is 7.11 Å². The average molecular weight is 247 g/mol. The summed E-state index contributed by atoms with van der Waals surface area (Å²) in [6.07, 6.45) is 5.21. The standard InChI is InChI=1S/C15H21NO2/c1-5-8-18-15-9-14(17-4)7-6-13(15)11-16-10-12(2)3/h1,6-7,9,12,16H,8,10-11H2,2-4H3. The molecule has 1 rings (SSSR count). The van der Waals surface area contributed by atoms with Gasteiger partial charge < -0.3 is 14.8 Å². The highest BCUT2D eigenvalue weighted by atomic mass is 16.5. The fourth-order valence-electron chi connectivity index (χ4n) is 1.56. The van der Waals surface area contributed by atoms with Gasteiger partial charge in [-0.1, -0.05) is 25.8 Å². The monoisotopic (exact) mass is 247 g/mol. The number of terminal acetylenes is 1. The van der Waals surface area contributed by atoms with E-state index in [1.165, 1.54) is 0 Å². The van der Waals surface area contributed by atoms with Crippen molar-refractivity contribution in [3.8, 4) is 23.8 Å². The maximum atomic E-state index is 5.53. The largest absolute Gasteiger partial charge is 0.497 e. The van der Waals surface area contributed by atoms with Crippen LogP contribution in [0.3, 0.4) is 0 Å². The minimum atomic E-state index is 0.268. The molecule has 98 valence electrons. The first-order chi connectivity index (χ1) is 8.67. The van der Waals surface area contributed by atoms with Crippen LogP contribution in [0.5, 0.6) is 11.5 Å². The van der Waals surface area contributed by atoms with Gasteiger partial charge in [-0.05, 0) is 18.5 Å². The van der Waals surface area contributed by atoms with E-state index < -0.39 is 0 Å². The molecular weight excluding hydrogens is 226 g/mol. The summed E-state index contributed by atoms with van der Waals surface area (Å²) in [5.74, 6) is 4.65. The van der Waals surface area contributed by atoms with E-state index in [9.17, 15) is 0 Å². The highest BCUT2D eigenvalue weighted by Gasteiger charge is 2.05. The molecule has 0 heterocycles. The molecule has 0 saturated carbocycles. The van der Waals surface area contributed by atoms with Crippen LogP contribution >= 0.6 is 0 Å². The molecule has 0 aliphatic heterocycles. The summed E-state index contributed by atoms with van der Waals surface area (Å²) >= 11 is 0. The summed E-state index contributed by atoms with van der Waals surface area (Å²) < 4.78 is 10.7. The molecule has 0 saturated heterocycles. The van der Waals surface area contributed by atoms with Gasteiger partial charge in [-0.2, -0.15) is 0 Å². The number of rotatable bonds is 7. The maximum Gasteiger partial charge on any atom is 0.148 e. The van der Waals surface area contributed by atoms with Crippen LogP contribution in [0.2, 0.25) is 0 Å². The highest BCUT2D eigenvalue weighted by molar-refractivity contribution is 5.40. The van der Waals surface area contributed by atoms with E-state index in [1.807, 2.05) is 18.2 Å². The average Bonchev–Trinajstić information content (AvgIpc) is 2.36. The van der Waals surface area contributed by atoms with Crippen molar-refractivity contribution >= 4 is 0 Å². The van der Waals surface area contributed by atoms with Crippen molar-refractivity contribution < 1.29 is 9.47 Å². The predicted octanol–water partition coefficient (Wildman–Crippen LogP) is 2.45. The summed E-state index contributed by atoms with van der Waals surface area (Å²) in [5, 5.41) is 3.38. The number of hydrogen-bond donors (Lipinski definition) is 1. The molecule has 0 atom stereocenters. The lowest BCUT2D eigenvalue weighted by Crippen LogP contribution is -2.19. The Hall–Kier alpha value is -1.66. The first-order valence-corrected chi connectivity index (χ1v) is 6.11. The van der Waals surface area contributed by atoms with Crippen LogP contribution in [-0.2, 0) is 6.54 Å². The van der Waals surface area contributed by atoms with Crippen LogP contribution in [-0.4, -0.2) is 20.3 Å². The fraction of sp³-hybridized carbons (Fsp3) is 0.467. The van der Waals surface area contributed by atoms with Gasteiger partial charge in [-0.15, -0.1) is 6.42 Å². The Bertz CT molecular complexity index is 407. The molecule has 0 aliphatic carbocycles. The summed E-state index contributed by atoms with van der Waals surface area (Å²) in [4.78, 5) is 0. The fourth-order valence-corrected chi connectivity index (χ4v) is 1.56. The summed E-state index contributed by atoms with van der Waals surface area (Å²) in [6, 6.07) is 5.79. The van der Waals surface area contributed by atoms with Crippen LogP contribution in [0.15, 0.2) is 18.2 Å². The molecule has 0 aliphatic rings. The molecule has 0 fully saturated rings. The van der Waals surface area contributed by atoms with Crippen molar-refractivity contribution in [3.05, 3.63) is 23.8 Å². The molecule has 0 spiro atoms. The van der Waals surface area contributed by atoms with Gasteiger partial charge in [0.2, 0.25) is 0 Å². The van der Waals surface area contributed by atoms with Crippen LogP contribution < -0.4 is 14.8 Å². The first kappa shape index (κ1) is 14.4. The number of methoxy groups -OCH3 is 1. The summed E-state index contributed by atoms with van der Waals surface area (Å²) in [5.41, 5.74) is 1.09. The Morgan fingerprint density at radius 1 is 1.39 bits per heavy atom. The number of ether oxygens (including phenoxy) is 2. The van der Waals surface area contributed by atoms with E-state index in [-0.39, 0.29) is 6.61 Å². The molecule has 0 radical (unpaired) electrons. The summed E-state index contributed by atoms with van der Waals surface area (Å²) in [6.45, 7) is 6.36. The van der Waals surface area contributed by atoms with Crippen LogP contribution in [0.1, 0.15) is 19.4 Å². The summed E-state index contributed by atoms with van der Waals surface area (Å²) in [7, 11) is 1.64. The molecular formula is C15H21NO2. The van der Waals surface area contributed by atoms with Crippen LogP contribution in [0, 0.1) is 18.3 Å². The minimum Gasteiger partial charge on any atom is -0.497 e. The molecule has 0 unspecified atom stereocenters. The molecule has 1 N–H and O–H groups in total. The molecule has 1 aromatic rings. The van der Waals surface area contributed by atoms with E-state index in [0.29, 0.717) is 5.92 Å². The Morgan fingerprint density at radius 3 is 2.78 bits per heavy atom. The van der Waals surface area contributed by atoms with Crippen LogP contribution in [0.4, 0.5) is 0 Å². The maximum absolute atomic E-state index is 5.53. The van der Waals surface area contributed by atoms with E-state index in [2.05, 4.69) is 25.1 Å². The second kappa shape index (κ2) is 7.62. The number of benzene rings is 1. The van der Waals surface area contributed by atoms with Gasteiger partial charge in [0.1, 0.15) is 18.1 Å². The molecule has 3 heteroatoms. The van der Waals surface area contributed by atoms with Crippen LogP contribution in [0.25, 0.3) is 0 Å². The van der Waals surface area contributed by atoms with E-state index in [4.69, 9.17) is 15.9 Å². The van der Waals surface area contributed by atoms with Gasteiger partial charge in [0, 0.05) is 18.2 Å². The van der Waals surface area contributed by atoms with Crippen molar-refractivity contribution in [2.45, 2.75) is 20.4 Å². The SMILES string of the molecule is C#CCOc1cc(OC)ccc1CNCC(C)C. The topological polar surface area (TPSA) is 30.5 Å². The molecule has 1 aromatic carbocycles. The van der Waals surface area contributed by atoms with Gasteiger partial charge >= 0.3 is 0 Å². The van der Waals surface area contributed by atoms with Gasteiger partial charge in [-0.25, -0.2) is 0 Å². The lowest BCUT2D eigenvalue weighted by Gasteiger charge is -2.13. The van der Waals surface area contributed by atoms with E-state index >= 15 is 0 Å². The number of hydrogen-bond acceptors (Lipinski definition) is 3. The zero-order chi connectivity index (χ0) is 13.4. The van der Waals surface area contributed by atoms with Gasteiger partial charge in [0.15, 0.2) is 0 Å². The van der Waals surface area contributed by atoms with Gasteiger partial charge in [0.25, 0.3) is 0 Å². The molecule has 0 amide bonds. The molecule has 18 heavy (non-hydrogen) atoms. The highest BCUT2D eigenvalue weighted by Crippen LogP contribution is 2.24. The third kappa shape index (κ3) is 4.68. The third-order valence-electron chi connectivity index (χ3n) is 2.45. The molecule has 0 bridgehead atoms. The van der Waals surface area contributed by atoms with Crippen molar-refractivity contribution in [1.82, 2.24) is 5.32 Å². The number of nitrogens with one attached hydrogen (secondary N) is 1. The molecule has 0 aromatic heterocycles. The van der Waals surface area contributed by atoms with Gasteiger partial charge in [-0.3, -0.25) is 0 Å². The second-order valence-corrected chi connectivity index (χ2v) is 4.49. The van der Waals surface area contributed by atoms with E-state index in [0.717, 1.165) is 30.2 Å². The molecule has 3 nitrogen and oxygen atoms in total. The quantitative estimate of drug-likeness (QED) is 0.751. The Kier molecular flexibility index (Phi) is 6.10. The Balaban J connectivity index is 2.72. The van der Waals surface area contributed by atoms with Crippen molar-refractivity contribution in [2.24, 2.45) is 5.92 Å². The minimum absolute atomic E-state index is 0.268. The third-order valence-corrected chi connectivity index (χ3v) is 2.45. The van der Waals surface area contributed by atoms with Crippen molar-refractivity contribution in [3.63, 3.8) is 0 Å². The van der Waals surface area contributed by atoms with Crippen molar-refractivity contribution in [1.29, 1.82) is 0 Å². The predicted molar refractivity (Wildman–Crippen MR) is 73.9 cm³/mol. The van der Waals surface area contributed by atoms with Gasteiger partial charge in [0.05, 0.1) is 7.11 Å².